The number of carbonyl (C=O) groups excluding carboxylic acids is 1. The second-order valence-corrected chi connectivity index (χ2v) is 9.77. The molecule has 0 saturated heterocycles. The van der Waals surface area contributed by atoms with E-state index in [1.165, 1.54) is 17.8 Å². The molecule has 1 aromatic heterocycles. The molecule has 1 aromatic carbocycles. The maximum Gasteiger partial charge on any atom is 0.413 e. The summed E-state index contributed by atoms with van der Waals surface area (Å²) in [4.78, 5) is 31.1. The summed E-state index contributed by atoms with van der Waals surface area (Å²) in [6.45, 7) is 5.36. The first kappa shape index (κ1) is 25.1. The van der Waals surface area contributed by atoms with Crippen molar-refractivity contribution in [3.05, 3.63) is 50.7 Å². The Bertz CT molecular complexity index is 1070. The molecule has 3 rings (SSSR count). The van der Waals surface area contributed by atoms with E-state index >= 15 is 0 Å². The SMILES string of the molecule is CCCSc1nc(Cl)c([N+](=O)[O-])c(NC(=O)OC(C)(C)C[C@H]2C[C@@H]2c2ccc(F)c(F)c2)n1. The molecule has 1 aliphatic rings. The summed E-state index contributed by atoms with van der Waals surface area (Å²) in [7, 11) is 0. The molecule has 8 nitrogen and oxygen atoms in total. The highest BCUT2D eigenvalue weighted by Crippen LogP contribution is 2.52. The van der Waals surface area contributed by atoms with Gasteiger partial charge < -0.3 is 4.74 Å². The summed E-state index contributed by atoms with van der Waals surface area (Å²) < 4.78 is 32.2. The predicted octanol–water partition coefficient (Wildman–Crippen LogP) is 6.34. The molecule has 0 unspecified atom stereocenters. The van der Waals surface area contributed by atoms with Gasteiger partial charge >= 0.3 is 11.8 Å². The molecule has 1 N–H and O–H groups in total. The molecule has 2 aromatic rings. The molecular formula is C21H23ClF2N4O4S. The number of thioether (sulfide) groups is 1. The van der Waals surface area contributed by atoms with Gasteiger partial charge in [-0.2, -0.15) is 4.98 Å². The third-order valence-electron chi connectivity index (χ3n) is 5.08. The number of amides is 1. The lowest BCUT2D eigenvalue weighted by Crippen LogP contribution is -2.31. The number of nitrogens with zero attached hydrogens (tertiary/aromatic N) is 3. The molecule has 1 fully saturated rings. The van der Waals surface area contributed by atoms with Gasteiger partial charge in [0.25, 0.3) is 0 Å². The molecule has 1 amide bonds. The zero-order chi connectivity index (χ0) is 24.3. The number of benzene rings is 1. The first-order chi connectivity index (χ1) is 15.5. The smallest absolute Gasteiger partial charge is 0.413 e. The first-order valence-corrected chi connectivity index (χ1v) is 11.7. The lowest BCUT2D eigenvalue weighted by molar-refractivity contribution is -0.384. The Morgan fingerprint density at radius 2 is 2.09 bits per heavy atom. The Hall–Kier alpha value is -2.53. The molecular weight excluding hydrogens is 478 g/mol. The number of nitrogens with one attached hydrogen (secondary N) is 1. The van der Waals surface area contributed by atoms with E-state index in [-0.39, 0.29) is 28.0 Å². The van der Waals surface area contributed by atoms with Crippen molar-refractivity contribution in [1.82, 2.24) is 9.97 Å². The van der Waals surface area contributed by atoms with Gasteiger partial charge in [-0.3, -0.25) is 15.4 Å². The van der Waals surface area contributed by atoms with Crippen LogP contribution in [0.4, 0.5) is 25.1 Å². The number of nitro groups is 1. The summed E-state index contributed by atoms with van der Waals surface area (Å²) in [5, 5.41) is 13.5. The van der Waals surface area contributed by atoms with Gasteiger partial charge in [-0.05, 0) is 62.6 Å². The molecule has 178 valence electrons. The summed E-state index contributed by atoms with van der Waals surface area (Å²) in [5.74, 6) is -1.29. The Kier molecular flexibility index (Phi) is 7.73. The van der Waals surface area contributed by atoms with Crippen LogP contribution in [-0.2, 0) is 4.74 Å². The molecule has 0 bridgehead atoms. The van der Waals surface area contributed by atoms with Crippen molar-refractivity contribution >= 4 is 41.0 Å². The third kappa shape index (κ3) is 6.50. The van der Waals surface area contributed by atoms with Crippen molar-refractivity contribution in [2.24, 2.45) is 5.92 Å². The Morgan fingerprint density at radius 1 is 1.36 bits per heavy atom. The minimum Gasteiger partial charge on any atom is -0.443 e. The second-order valence-electron chi connectivity index (χ2n) is 8.35. The van der Waals surface area contributed by atoms with Crippen molar-refractivity contribution in [1.29, 1.82) is 0 Å². The van der Waals surface area contributed by atoms with E-state index in [0.29, 0.717) is 17.7 Å². The van der Waals surface area contributed by atoms with Gasteiger partial charge in [0, 0.05) is 5.75 Å². The molecule has 0 aliphatic heterocycles. The molecule has 1 heterocycles. The van der Waals surface area contributed by atoms with Gasteiger partial charge in [0.1, 0.15) is 5.60 Å². The number of halogens is 3. The fourth-order valence-electron chi connectivity index (χ4n) is 3.59. The van der Waals surface area contributed by atoms with E-state index < -0.39 is 33.9 Å². The van der Waals surface area contributed by atoms with Gasteiger partial charge in [-0.15, -0.1) is 0 Å². The van der Waals surface area contributed by atoms with Gasteiger partial charge in [-0.25, -0.2) is 18.6 Å². The average molecular weight is 501 g/mol. The van der Waals surface area contributed by atoms with Crippen LogP contribution < -0.4 is 5.32 Å². The van der Waals surface area contributed by atoms with Crippen molar-refractivity contribution < 1.29 is 23.2 Å². The maximum atomic E-state index is 13.5. The van der Waals surface area contributed by atoms with E-state index in [1.54, 1.807) is 19.9 Å². The van der Waals surface area contributed by atoms with E-state index in [9.17, 15) is 23.7 Å². The van der Waals surface area contributed by atoms with Crippen molar-refractivity contribution in [2.45, 2.75) is 56.7 Å². The standard InChI is InChI=1S/C21H23ClF2N4O4S/c1-4-7-33-19-25-17(22)16(28(30)31)18(26-19)27-20(29)32-21(2,3)10-12-8-13(12)11-5-6-14(23)15(24)9-11/h5-6,9,12-13H,4,7-8,10H2,1-3H3,(H,25,26,27,29)/t12-,13-/m1/s1. The van der Waals surface area contributed by atoms with Gasteiger partial charge in [0.05, 0.1) is 4.92 Å². The quantitative estimate of drug-likeness (QED) is 0.141. The fourth-order valence-corrected chi connectivity index (χ4v) is 4.57. The molecule has 1 saturated carbocycles. The highest BCUT2D eigenvalue weighted by molar-refractivity contribution is 7.99. The van der Waals surface area contributed by atoms with Crippen LogP contribution in [0.5, 0.6) is 0 Å². The Labute approximate surface area is 198 Å². The van der Waals surface area contributed by atoms with Gasteiger partial charge in [-0.1, -0.05) is 36.4 Å². The highest BCUT2D eigenvalue weighted by atomic mass is 35.5. The normalized spacial score (nSPS) is 17.5. The highest BCUT2D eigenvalue weighted by Gasteiger charge is 2.43. The number of aromatic nitrogens is 2. The minimum absolute atomic E-state index is 0.0472. The van der Waals surface area contributed by atoms with Crippen molar-refractivity contribution in [3.63, 3.8) is 0 Å². The molecule has 33 heavy (non-hydrogen) atoms. The van der Waals surface area contributed by atoms with Crippen LogP contribution in [0.25, 0.3) is 0 Å². The first-order valence-electron chi connectivity index (χ1n) is 10.3. The molecule has 1 aliphatic carbocycles. The lowest BCUT2D eigenvalue weighted by Gasteiger charge is -2.25. The average Bonchev–Trinajstić information content (AvgIpc) is 3.45. The second kappa shape index (κ2) is 10.2. The Morgan fingerprint density at radius 3 is 2.73 bits per heavy atom. The maximum absolute atomic E-state index is 13.5. The number of hydrogen-bond donors (Lipinski definition) is 1. The molecule has 0 radical (unpaired) electrons. The fraction of sp³-hybridized carbons (Fsp3) is 0.476. The largest absolute Gasteiger partial charge is 0.443 e. The van der Waals surface area contributed by atoms with E-state index in [2.05, 4.69) is 15.3 Å². The van der Waals surface area contributed by atoms with E-state index in [1.807, 2.05) is 6.92 Å². The van der Waals surface area contributed by atoms with Crippen LogP contribution in [0, 0.1) is 27.7 Å². The molecule has 12 heteroatoms. The summed E-state index contributed by atoms with van der Waals surface area (Å²) in [6.07, 6.45) is 1.13. The number of rotatable bonds is 9. The van der Waals surface area contributed by atoms with Crippen LogP contribution in [0.2, 0.25) is 5.15 Å². The number of carbonyl (C=O) groups is 1. The van der Waals surface area contributed by atoms with Crippen molar-refractivity contribution in [2.75, 3.05) is 11.1 Å². The van der Waals surface area contributed by atoms with Crippen LogP contribution >= 0.6 is 23.4 Å². The number of hydrogen-bond acceptors (Lipinski definition) is 7. The minimum atomic E-state index is -0.923. The zero-order valence-electron chi connectivity index (χ0n) is 18.2. The van der Waals surface area contributed by atoms with Crippen LogP contribution in [0.3, 0.4) is 0 Å². The van der Waals surface area contributed by atoms with Crippen LogP contribution in [0.15, 0.2) is 23.4 Å². The van der Waals surface area contributed by atoms with Crippen molar-refractivity contribution in [3.8, 4) is 0 Å². The zero-order valence-corrected chi connectivity index (χ0v) is 19.8. The van der Waals surface area contributed by atoms with Gasteiger partial charge in [0.15, 0.2) is 16.8 Å². The summed E-state index contributed by atoms with van der Waals surface area (Å²) in [5.41, 5.74) is -0.844. The molecule has 2 atom stereocenters. The third-order valence-corrected chi connectivity index (χ3v) is 6.39. The van der Waals surface area contributed by atoms with Crippen LogP contribution in [0.1, 0.15) is 51.5 Å². The van der Waals surface area contributed by atoms with E-state index in [0.717, 1.165) is 18.9 Å². The number of anilines is 1. The monoisotopic (exact) mass is 500 g/mol. The summed E-state index contributed by atoms with van der Waals surface area (Å²) >= 11 is 7.20. The lowest BCUT2D eigenvalue weighted by atomic mass is 9.98. The Balaban J connectivity index is 1.65. The topological polar surface area (TPSA) is 107 Å². The summed E-state index contributed by atoms with van der Waals surface area (Å²) in [6, 6.07) is 3.84. The predicted molar refractivity (Wildman–Crippen MR) is 121 cm³/mol. The van der Waals surface area contributed by atoms with E-state index in [4.69, 9.17) is 16.3 Å². The van der Waals surface area contributed by atoms with Gasteiger partial charge in [0.2, 0.25) is 11.0 Å². The number of ether oxygens (including phenoxy) is 1. The molecule has 0 spiro atoms. The van der Waals surface area contributed by atoms with Crippen LogP contribution in [-0.4, -0.2) is 32.3 Å².